The molecule has 31 heavy (non-hydrogen) atoms. The van der Waals surface area contributed by atoms with Crippen molar-refractivity contribution in [3.8, 4) is 17.1 Å². The van der Waals surface area contributed by atoms with Crippen molar-refractivity contribution in [1.82, 2.24) is 20.5 Å². The summed E-state index contributed by atoms with van der Waals surface area (Å²) in [5, 5.41) is 11.5. The number of aromatic amines is 1. The molecule has 2 aromatic carbocycles. The third-order valence-corrected chi connectivity index (χ3v) is 4.76. The zero-order valence-corrected chi connectivity index (χ0v) is 16.9. The van der Waals surface area contributed by atoms with Crippen LogP contribution in [0, 0.1) is 17.5 Å². The number of thioether (sulfide) groups is 1. The van der Waals surface area contributed by atoms with Gasteiger partial charge >= 0.3 is 0 Å². The van der Waals surface area contributed by atoms with Gasteiger partial charge in [-0.25, -0.2) is 18.2 Å². The van der Waals surface area contributed by atoms with E-state index in [4.69, 9.17) is 4.74 Å². The monoisotopic (exact) mass is 451 g/mol. The van der Waals surface area contributed by atoms with Gasteiger partial charge in [-0.3, -0.25) is 14.7 Å². The first-order valence-corrected chi connectivity index (χ1v) is 9.75. The van der Waals surface area contributed by atoms with Crippen LogP contribution in [-0.4, -0.2) is 46.4 Å². The van der Waals surface area contributed by atoms with E-state index in [1.807, 2.05) is 0 Å². The molecule has 3 aromatic rings. The van der Waals surface area contributed by atoms with Crippen molar-refractivity contribution in [2.45, 2.75) is 5.16 Å². The highest BCUT2D eigenvalue weighted by Gasteiger charge is 2.16. The highest BCUT2D eigenvalue weighted by molar-refractivity contribution is 7.99. The smallest absolute Gasteiger partial charge is 0.243 e. The molecule has 0 spiro atoms. The first kappa shape index (κ1) is 22.2. The van der Waals surface area contributed by atoms with Crippen molar-refractivity contribution < 1.29 is 27.5 Å². The fourth-order valence-electron chi connectivity index (χ4n) is 2.37. The Kier molecular flexibility index (Phi) is 7.13. The first-order valence-electron chi connectivity index (χ1n) is 8.77. The number of halogens is 3. The van der Waals surface area contributed by atoms with E-state index in [0.29, 0.717) is 22.8 Å². The van der Waals surface area contributed by atoms with Crippen molar-refractivity contribution in [1.29, 1.82) is 0 Å². The second kappa shape index (κ2) is 9.98. The van der Waals surface area contributed by atoms with Crippen LogP contribution in [0.2, 0.25) is 0 Å². The maximum Gasteiger partial charge on any atom is 0.243 e. The average Bonchev–Trinajstić information content (AvgIpc) is 3.26. The summed E-state index contributed by atoms with van der Waals surface area (Å²) in [5.74, 6) is -4.75. The number of aromatic nitrogens is 3. The van der Waals surface area contributed by atoms with Gasteiger partial charge in [-0.05, 0) is 36.4 Å². The second-order valence-corrected chi connectivity index (χ2v) is 6.97. The third kappa shape index (κ3) is 5.75. The number of nitrogens with zero attached hydrogens (tertiary/aromatic N) is 2. The van der Waals surface area contributed by atoms with Crippen molar-refractivity contribution in [2.24, 2.45) is 0 Å². The summed E-state index contributed by atoms with van der Waals surface area (Å²) in [6.07, 6.45) is 0. The minimum absolute atomic E-state index is 0.0767. The molecule has 1 aromatic heterocycles. The molecular weight excluding hydrogens is 435 g/mol. The van der Waals surface area contributed by atoms with Gasteiger partial charge < -0.3 is 15.4 Å². The van der Waals surface area contributed by atoms with E-state index in [2.05, 4.69) is 25.8 Å². The molecule has 0 radical (unpaired) electrons. The SMILES string of the molecule is COc1ccc(-c2nc(SCC(=O)NCC(=O)Nc3ccc(F)c(F)c3F)n[nH]2)cc1. The lowest BCUT2D eigenvalue weighted by molar-refractivity contribution is -0.122. The lowest BCUT2D eigenvalue weighted by atomic mass is 10.2. The Balaban J connectivity index is 1.45. The Morgan fingerprint density at radius 3 is 2.52 bits per heavy atom. The van der Waals surface area contributed by atoms with Gasteiger partial charge in [0, 0.05) is 5.56 Å². The van der Waals surface area contributed by atoms with Gasteiger partial charge in [0.1, 0.15) is 5.75 Å². The quantitative estimate of drug-likeness (QED) is 0.359. The van der Waals surface area contributed by atoms with E-state index in [1.54, 1.807) is 31.4 Å². The Labute approximate surface area is 178 Å². The molecule has 3 rings (SSSR count). The Morgan fingerprint density at radius 2 is 1.81 bits per heavy atom. The fourth-order valence-corrected chi connectivity index (χ4v) is 2.99. The van der Waals surface area contributed by atoms with Crippen molar-refractivity contribution in [3.63, 3.8) is 0 Å². The molecule has 3 N–H and O–H groups in total. The predicted molar refractivity (Wildman–Crippen MR) is 107 cm³/mol. The lowest BCUT2D eigenvalue weighted by Gasteiger charge is -2.08. The number of carbonyl (C=O) groups excluding carboxylic acids is 2. The number of H-pyrrole nitrogens is 1. The standard InChI is InChI=1S/C19H16F3N5O3S/c1-30-11-4-2-10(3-5-11)18-25-19(27-26-18)31-9-15(29)23-8-14(28)24-13-7-6-12(20)16(21)17(13)22/h2-7H,8-9H2,1H3,(H,23,29)(H,24,28)(H,25,26,27). The molecule has 12 heteroatoms. The number of hydrogen-bond donors (Lipinski definition) is 3. The van der Waals surface area contributed by atoms with Crippen LogP contribution in [0.4, 0.5) is 18.9 Å². The molecule has 0 bridgehead atoms. The molecule has 0 aliphatic carbocycles. The van der Waals surface area contributed by atoms with Crippen LogP contribution in [0.15, 0.2) is 41.6 Å². The fraction of sp³-hybridized carbons (Fsp3) is 0.158. The number of carbonyl (C=O) groups is 2. The molecular formula is C19H16F3N5O3S. The van der Waals surface area contributed by atoms with Crippen molar-refractivity contribution in [3.05, 3.63) is 53.8 Å². The Morgan fingerprint density at radius 1 is 1.06 bits per heavy atom. The third-order valence-electron chi connectivity index (χ3n) is 3.92. The largest absolute Gasteiger partial charge is 0.497 e. The Hall–Kier alpha value is -3.54. The molecule has 0 atom stereocenters. The van der Waals surface area contributed by atoms with Crippen LogP contribution in [0.5, 0.6) is 5.75 Å². The van der Waals surface area contributed by atoms with Gasteiger partial charge in [0.15, 0.2) is 23.3 Å². The molecule has 1 heterocycles. The van der Waals surface area contributed by atoms with E-state index in [1.165, 1.54) is 0 Å². The molecule has 0 aliphatic rings. The maximum atomic E-state index is 13.5. The number of methoxy groups -OCH3 is 1. The molecule has 8 nitrogen and oxygen atoms in total. The number of benzene rings is 2. The highest BCUT2D eigenvalue weighted by atomic mass is 32.2. The minimum Gasteiger partial charge on any atom is -0.497 e. The molecule has 0 saturated carbocycles. The maximum absolute atomic E-state index is 13.5. The number of nitrogens with one attached hydrogen (secondary N) is 3. The van der Waals surface area contributed by atoms with Gasteiger partial charge in [0.05, 0.1) is 25.1 Å². The molecule has 2 amide bonds. The van der Waals surface area contributed by atoms with E-state index in [0.717, 1.165) is 23.4 Å². The number of amides is 2. The highest BCUT2D eigenvalue weighted by Crippen LogP contribution is 2.22. The number of anilines is 1. The number of rotatable bonds is 8. The molecule has 0 unspecified atom stereocenters. The topological polar surface area (TPSA) is 109 Å². The molecule has 0 aliphatic heterocycles. The summed E-state index contributed by atoms with van der Waals surface area (Å²) in [4.78, 5) is 28.0. The summed E-state index contributed by atoms with van der Waals surface area (Å²) < 4.78 is 44.7. The van der Waals surface area contributed by atoms with Crippen LogP contribution in [-0.2, 0) is 9.59 Å². The van der Waals surface area contributed by atoms with E-state index >= 15 is 0 Å². The van der Waals surface area contributed by atoms with Crippen LogP contribution < -0.4 is 15.4 Å². The lowest BCUT2D eigenvalue weighted by Crippen LogP contribution is -2.34. The van der Waals surface area contributed by atoms with Crippen LogP contribution in [0.25, 0.3) is 11.4 Å². The Bertz CT molecular complexity index is 1090. The van der Waals surface area contributed by atoms with E-state index < -0.39 is 41.5 Å². The zero-order valence-electron chi connectivity index (χ0n) is 16.0. The summed E-state index contributed by atoms with van der Waals surface area (Å²) in [6.45, 7) is -0.483. The van der Waals surface area contributed by atoms with Gasteiger partial charge in [-0.2, -0.15) is 0 Å². The normalized spacial score (nSPS) is 10.6. The minimum atomic E-state index is -1.70. The average molecular weight is 451 g/mol. The number of ether oxygens (including phenoxy) is 1. The van der Waals surface area contributed by atoms with Crippen LogP contribution in [0.3, 0.4) is 0 Å². The van der Waals surface area contributed by atoms with Crippen LogP contribution >= 0.6 is 11.8 Å². The van der Waals surface area contributed by atoms with Gasteiger partial charge in [-0.15, -0.1) is 5.10 Å². The second-order valence-electron chi connectivity index (χ2n) is 6.03. The summed E-state index contributed by atoms with van der Waals surface area (Å²) in [5.41, 5.74) is 0.255. The molecule has 0 fully saturated rings. The first-order chi connectivity index (χ1) is 14.9. The summed E-state index contributed by atoms with van der Waals surface area (Å²) >= 11 is 1.04. The summed E-state index contributed by atoms with van der Waals surface area (Å²) in [6, 6.07) is 8.71. The zero-order chi connectivity index (χ0) is 22.4. The summed E-state index contributed by atoms with van der Waals surface area (Å²) in [7, 11) is 1.56. The van der Waals surface area contributed by atoms with Gasteiger partial charge in [0.2, 0.25) is 17.0 Å². The van der Waals surface area contributed by atoms with Crippen molar-refractivity contribution >= 4 is 29.3 Å². The van der Waals surface area contributed by atoms with Crippen molar-refractivity contribution in [2.75, 3.05) is 24.7 Å². The van der Waals surface area contributed by atoms with Gasteiger partial charge in [0.25, 0.3) is 0 Å². The van der Waals surface area contributed by atoms with E-state index in [9.17, 15) is 22.8 Å². The molecule has 0 saturated heterocycles. The van der Waals surface area contributed by atoms with E-state index in [-0.39, 0.29) is 5.75 Å². The van der Waals surface area contributed by atoms with Crippen LogP contribution in [0.1, 0.15) is 0 Å². The van der Waals surface area contributed by atoms with Gasteiger partial charge in [-0.1, -0.05) is 11.8 Å². The predicted octanol–water partition coefficient (Wildman–Crippen LogP) is 2.74. The molecule has 162 valence electrons. The number of hydrogen-bond acceptors (Lipinski definition) is 6.